The highest BCUT2D eigenvalue weighted by molar-refractivity contribution is 5.71. The van der Waals surface area contributed by atoms with E-state index in [9.17, 15) is 14.7 Å². The average Bonchev–Trinajstić information content (AvgIpc) is 2.15. The van der Waals surface area contributed by atoms with Crippen molar-refractivity contribution in [2.75, 3.05) is 0 Å². The van der Waals surface area contributed by atoms with Crippen LogP contribution >= 0.6 is 0 Å². The first kappa shape index (κ1) is 14.4. The van der Waals surface area contributed by atoms with Crippen molar-refractivity contribution in [3.63, 3.8) is 0 Å². The van der Waals surface area contributed by atoms with Gasteiger partial charge in [-0.05, 0) is 6.92 Å². The molecule has 0 saturated heterocycles. The number of hydrogen-bond donors (Lipinski definition) is 2. The molecule has 0 rings (SSSR count). The van der Waals surface area contributed by atoms with Gasteiger partial charge < -0.3 is 19.7 Å². The molecule has 0 aliphatic heterocycles. The normalized spacial score (nSPS) is 12.1. The minimum atomic E-state index is -2.54. The van der Waals surface area contributed by atoms with Crippen LogP contribution in [0.4, 0.5) is 0 Å². The van der Waals surface area contributed by atoms with Crippen LogP contribution in [0, 0.1) is 0 Å². The smallest absolute Gasteiger partial charge is 0.399 e. The molecule has 6 nitrogen and oxygen atoms in total. The summed E-state index contributed by atoms with van der Waals surface area (Å²) < 4.78 is 9.02. The van der Waals surface area contributed by atoms with Crippen LogP contribution in [0.25, 0.3) is 0 Å². The largest absolute Gasteiger partial charge is 0.513 e. The highest BCUT2D eigenvalue weighted by Crippen LogP contribution is 2.15. The quantitative estimate of drug-likeness (QED) is 0.417. The third kappa shape index (κ3) is 5.35. The van der Waals surface area contributed by atoms with Crippen LogP contribution in [0.5, 0.6) is 0 Å². The Labute approximate surface area is 93.5 Å². The summed E-state index contributed by atoms with van der Waals surface area (Å²) in [5, 5.41) is 18.6. The fourth-order valence-corrected chi connectivity index (χ4v) is 0.814. The van der Waals surface area contributed by atoms with Crippen molar-refractivity contribution in [3.8, 4) is 0 Å². The third-order valence-corrected chi connectivity index (χ3v) is 1.49. The van der Waals surface area contributed by atoms with Gasteiger partial charge in [0.2, 0.25) is 0 Å². The van der Waals surface area contributed by atoms with E-state index < -0.39 is 17.9 Å². The van der Waals surface area contributed by atoms with E-state index in [2.05, 4.69) is 9.47 Å². The molecule has 0 aromatic rings. The van der Waals surface area contributed by atoms with Gasteiger partial charge in [0.15, 0.2) is 0 Å². The first-order valence-electron chi connectivity index (χ1n) is 4.87. The number of carbonyl (C=O) groups is 2. The lowest BCUT2D eigenvalue weighted by Crippen LogP contribution is -2.38. The van der Waals surface area contributed by atoms with Crippen LogP contribution in [-0.2, 0) is 19.1 Å². The van der Waals surface area contributed by atoms with Crippen molar-refractivity contribution in [2.45, 2.75) is 39.6 Å². The number of allylic oxidation sites excluding steroid dienone is 1. The molecule has 0 heterocycles. The summed E-state index contributed by atoms with van der Waals surface area (Å²) in [4.78, 5) is 22.0. The molecule has 0 bridgehead atoms. The molecule has 0 amide bonds. The zero-order valence-electron chi connectivity index (χ0n) is 9.52. The van der Waals surface area contributed by atoms with Gasteiger partial charge >= 0.3 is 17.9 Å². The predicted octanol–water partition coefficient (Wildman–Crippen LogP) is 1.00. The van der Waals surface area contributed by atoms with Gasteiger partial charge in [-0.15, -0.1) is 0 Å². The maximum atomic E-state index is 11.0. The zero-order valence-corrected chi connectivity index (χ0v) is 9.52. The molecule has 0 atom stereocenters. The van der Waals surface area contributed by atoms with Crippen LogP contribution < -0.4 is 0 Å². The maximum absolute atomic E-state index is 11.0. The number of ether oxygens (including phenoxy) is 2. The lowest BCUT2D eigenvalue weighted by molar-refractivity contribution is -0.296. The standard InChI is InChI=1S/C10H16O6/c1-4-8(12)15-10(14,6-7(3)11)16-9(13)5-2/h6,11,14H,4-5H2,1-3H3/b7-6+. The van der Waals surface area contributed by atoms with Gasteiger partial charge in [-0.2, -0.15) is 0 Å². The van der Waals surface area contributed by atoms with Gasteiger partial charge in [-0.3, -0.25) is 9.59 Å². The Morgan fingerprint density at radius 3 is 1.81 bits per heavy atom. The van der Waals surface area contributed by atoms with Crippen molar-refractivity contribution in [3.05, 3.63) is 11.8 Å². The highest BCUT2D eigenvalue weighted by atomic mass is 16.8. The molecule has 0 fully saturated rings. The van der Waals surface area contributed by atoms with Crippen molar-refractivity contribution in [1.82, 2.24) is 0 Å². The number of aliphatic hydroxyl groups excluding tert-OH is 1. The van der Waals surface area contributed by atoms with Crippen molar-refractivity contribution < 1.29 is 29.3 Å². The summed E-state index contributed by atoms with van der Waals surface area (Å²) in [6, 6.07) is 0. The summed E-state index contributed by atoms with van der Waals surface area (Å²) in [6.45, 7) is 4.27. The molecule has 0 unspecified atom stereocenters. The minimum absolute atomic E-state index is 0.00427. The predicted molar refractivity (Wildman–Crippen MR) is 54.1 cm³/mol. The van der Waals surface area contributed by atoms with E-state index >= 15 is 0 Å². The highest BCUT2D eigenvalue weighted by Gasteiger charge is 2.33. The maximum Gasteiger partial charge on any atom is 0.399 e. The van der Waals surface area contributed by atoms with E-state index in [0.717, 1.165) is 6.08 Å². The Hall–Kier alpha value is -1.56. The zero-order chi connectivity index (χ0) is 12.8. The second-order valence-electron chi connectivity index (χ2n) is 3.07. The summed E-state index contributed by atoms with van der Waals surface area (Å²) in [5.74, 6) is -4.40. The van der Waals surface area contributed by atoms with E-state index in [0.29, 0.717) is 0 Å². The van der Waals surface area contributed by atoms with E-state index in [1.54, 1.807) is 0 Å². The van der Waals surface area contributed by atoms with Crippen molar-refractivity contribution in [2.24, 2.45) is 0 Å². The molecule has 0 aromatic heterocycles. The van der Waals surface area contributed by atoms with Crippen LogP contribution in [0.1, 0.15) is 33.6 Å². The molecule has 92 valence electrons. The summed E-state index contributed by atoms with van der Waals surface area (Å²) in [5.41, 5.74) is 0. The first-order valence-corrected chi connectivity index (χ1v) is 4.87. The Morgan fingerprint density at radius 1 is 1.19 bits per heavy atom. The fourth-order valence-electron chi connectivity index (χ4n) is 0.814. The van der Waals surface area contributed by atoms with E-state index in [1.165, 1.54) is 20.8 Å². The third-order valence-electron chi connectivity index (χ3n) is 1.49. The van der Waals surface area contributed by atoms with Crippen molar-refractivity contribution >= 4 is 11.9 Å². The monoisotopic (exact) mass is 232 g/mol. The van der Waals surface area contributed by atoms with Gasteiger partial charge in [0.25, 0.3) is 0 Å². The SMILES string of the molecule is CCC(=O)OC(O)(/C=C(\C)O)OC(=O)CC. The Balaban J connectivity index is 4.81. The Morgan fingerprint density at radius 2 is 1.56 bits per heavy atom. The van der Waals surface area contributed by atoms with Crippen LogP contribution in [0.3, 0.4) is 0 Å². The van der Waals surface area contributed by atoms with E-state index in [-0.39, 0.29) is 18.6 Å². The molecule has 0 aromatic carbocycles. The topological polar surface area (TPSA) is 93.1 Å². The fraction of sp³-hybridized carbons (Fsp3) is 0.600. The van der Waals surface area contributed by atoms with Gasteiger partial charge in [0.05, 0.1) is 11.8 Å². The molecule has 0 aliphatic carbocycles. The second-order valence-corrected chi connectivity index (χ2v) is 3.07. The number of hydrogen-bond acceptors (Lipinski definition) is 6. The summed E-state index contributed by atoms with van der Waals surface area (Å²) in [6.07, 6.45) is 0.739. The molecule has 6 heteroatoms. The molecule has 0 radical (unpaired) electrons. The molecule has 2 N–H and O–H groups in total. The van der Waals surface area contributed by atoms with Gasteiger partial charge in [-0.1, -0.05) is 13.8 Å². The average molecular weight is 232 g/mol. The molecule has 16 heavy (non-hydrogen) atoms. The van der Waals surface area contributed by atoms with Crippen molar-refractivity contribution in [1.29, 1.82) is 0 Å². The van der Waals surface area contributed by atoms with Gasteiger partial charge in [-0.25, -0.2) is 0 Å². The molecular weight excluding hydrogens is 216 g/mol. The minimum Gasteiger partial charge on any atom is -0.513 e. The van der Waals surface area contributed by atoms with E-state index in [1.807, 2.05) is 0 Å². The lowest BCUT2D eigenvalue weighted by Gasteiger charge is -2.23. The molecular formula is C10H16O6. The van der Waals surface area contributed by atoms with Gasteiger partial charge in [0.1, 0.15) is 0 Å². The summed E-state index contributed by atoms with van der Waals surface area (Å²) in [7, 11) is 0. The van der Waals surface area contributed by atoms with Gasteiger partial charge in [0, 0.05) is 12.8 Å². The first-order chi connectivity index (χ1) is 7.33. The molecule has 0 spiro atoms. The second kappa shape index (κ2) is 6.12. The molecule has 0 aliphatic rings. The lowest BCUT2D eigenvalue weighted by atomic mass is 10.4. The van der Waals surface area contributed by atoms with Crippen LogP contribution in [-0.4, -0.2) is 28.1 Å². The summed E-state index contributed by atoms with van der Waals surface area (Å²) >= 11 is 0. The Kier molecular flexibility index (Phi) is 5.52. The van der Waals surface area contributed by atoms with Crippen LogP contribution in [0.15, 0.2) is 11.8 Å². The number of rotatable bonds is 5. The molecule has 0 saturated carbocycles. The van der Waals surface area contributed by atoms with E-state index in [4.69, 9.17) is 5.11 Å². The van der Waals surface area contributed by atoms with Crippen LogP contribution in [0.2, 0.25) is 0 Å². The number of aliphatic hydroxyl groups is 2. The Bertz CT molecular complexity index is 272. The number of carbonyl (C=O) groups excluding carboxylic acids is 2. The number of esters is 2.